The van der Waals surface area contributed by atoms with E-state index in [-0.39, 0.29) is 23.6 Å². The van der Waals surface area contributed by atoms with Crippen molar-refractivity contribution in [3.63, 3.8) is 0 Å². The first kappa shape index (κ1) is 25.1. The van der Waals surface area contributed by atoms with Crippen LogP contribution in [0.3, 0.4) is 0 Å². The summed E-state index contributed by atoms with van der Waals surface area (Å²) in [5, 5.41) is 3.24. The number of nitrogens with one attached hydrogen (secondary N) is 1. The Morgan fingerprint density at radius 3 is 2.09 bits per heavy atom. The Labute approximate surface area is 209 Å². The van der Waals surface area contributed by atoms with Crippen LogP contribution in [0.5, 0.6) is 0 Å². The molecule has 1 fully saturated rings. The summed E-state index contributed by atoms with van der Waals surface area (Å²) in [5.74, 6) is -0.0644. The van der Waals surface area contributed by atoms with Gasteiger partial charge in [0.1, 0.15) is 0 Å². The third kappa shape index (κ3) is 6.80. The van der Waals surface area contributed by atoms with Crippen molar-refractivity contribution in [2.24, 2.45) is 5.92 Å². The first-order valence-electron chi connectivity index (χ1n) is 12.4. The predicted molar refractivity (Wildman–Crippen MR) is 140 cm³/mol. The Balaban J connectivity index is 1.34. The van der Waals surface area contributed by atoms with Crippen LogP contribution in [0.25, 0.3) is 0 Å². The molecule has 35 heavy (non-hydrogen) atoms. The summed E-state index contributed by atoms with van der Waals surface area (Å²) in [6, 6.07) is 27.9. The van der Waals surface area contributed by atoms with E-state index in [0.717, 1.165) is 23.1 Å². The summed E-state index contributed by atoms with van der Waals surface area (Å²) in [7, 11) is -3.31. The maximum atomic E-state index is 13.2. The highest BCUT2D eigenvalue weighted by molar-refractivity contribution is 7.89. The number of carbonyl (C=O) groups excluding carboxylic acids is 1. The number of nitrogens with zero attached hydrogens (tertiary/aromatic N) is 1. The lowest BCUT2D eigenvalue weighted by molar-refractivity contribution is -0.126. The molecule has 1 heterocycles. The second kappa shape index (κ2) is 11.6. The van der Waals surface area contributed by atoms with Crippen molar-refractivity contribution < 1.29 is 13.2 Å². The third-order valence-electron chi connectivity index (χ3n) is 6.76. The number of rotatable bonds is 9. The van der Waals surface area contributed by atoms with Crippen LogP contribution in [0, 0.1) is 12.8 Å². The molecule has 184 valence electrons. The molecule has 5 nitrogen and oxygen atoms in total. The summed E-state index contributed by atoms with van der Waals surface area (Å²) in [6.45, 7) is 2.84. The summed E-state index contributed by atoms with van der Waals surface area (Å²) < 4.78 is 27.3. The molecular weight excluding hydrogens is 456 g/mol. The number of sulfonamides is 1. The predicted octanol–water partition coefficient (Wildman–Crippen LogP) is 4.88. The average Bonchev–Trinajstić information content (AvgIpc) is 2.89. The van der Waals surface area contributed by atoms with Crippen molar-refractivity contribution in [3.05, 3.63) is 107 Å². The zero-order chi connectivity index (χ0) is 24.7. The summed E-state index contributed by atoms with van der Waals surface area (Å²) in [4.78, 5) is 13.2. The number of hydrogen-bond acceptors (Lipinski definition) is 3. The van der Waals surface area contributed by atoms with Crippen LogP contribution in [0.1, 0.15) is 47.6 Å². The van der Waals surface area contributed by atoms with Crippen LogP contribution < -0.4 is 5.32 Å². The normalized spacial score (nSPS) is 16.0. The summed E-state index contributed by atoms with van der Waals surface area (Å²) in [5.41, 5.74) is 4.39. The van der Waals surface area contributed by atoms with Gasteiger partial charge in [0.25, 0.3) is 0 Å². The lowest BCUT2D eigenvalue weighted by Crippen LogP contribution is -2.44. The van der Waals surface area contributed by atoms with Gasteiger partial charge in [0, 0.05) is 19.0 Å². The Morgan fingerprint density at radius 1 is 0.886 bits per heavy atom. The lowest BCUT2D eigenvalue weighted by Gasteiger charge is -2.31. The molecule has 1 N–H and O–H groups in total. The Morgan fingerprint density at radius 2 is 1.46 bits per heavy atom. The molecule has 0 saturated carbocycles. The highest BCUT2D eigenvalue weighted by Crippen LogP contribution is 2.26. The zero-order valence-electron chi connectivity index (χ0n) is 20.3. The van der Waals surface area contributed by atoms with Gasteiger partial charge in [0.2, 0.25) is 15.9 Å². The molecule has 6 heteroatoms. The molecule has 0 aliphatic carbocycles. The second-order valence-electron chi connectivity index (χ2n) is 9.34. The SMILES string of the molecule is Cc1ccc([C@@H](NC(=O)C2CCN(S(=O)(=O)CCCc3ccccc3)CC2)c2ccccc2)cc1. The molecule has 0 radical (unpaired) electrons. The van der Waals surface area contributed by atoms with Gasteiger partial charge in [-0.25, -0.2) is 12.7 Å². The van der Waals surface area contributed by atoms with Crippen LogP contribution in [0.2, 0.25) is 0 Å². The quantitative estimate of drug-likeness (QED) is 0.465. The molecule has 0 bridgehead atoms. The van der Waals surface area contributed by atoms with Crippen molar-refractivity contribution in [3.8, 4) is 0 Å². The standard InChI is InChI=1S/C29H34N2O3S/c1-23-14-16-26(17-15-23)28(25-12-6-3-7-13-25)30-29(32)27-18-20-31(21-19-27)35(33,34)22-8-11-24-9-4-2-5-10-24/h2-7,9-10,12-17,27-28H,8,11,18-22H2,1H3,(H,30,32)/t28-/m0/s1. The highest BCUT2D eigenvalue weighted by atomic mass is 32.2. The summed E-state index contributed by atoms with van der Waals surface area (Å²) in [6.07, 6.45) is 2.43. The van der Waals surface area contributed by atoms with E-state index in [1.54, 1.807) is 4.31 Å². The van der Waals surface area contributed by atoms with Gasteiger partial charge in [-0.1, -0.05) is 90.5 Å². The number of carbonyl (C=O) groups is 1. The summed E-state index contributed by atoms with van der Waals surface area (Å²) >= 11 is 0. The maximum Gasteiger partial charge on any atom is 0.223 e. The molecular formula is C29H34N2O3S. The number of piperidine rings is 1. The molecule has 0 unspecified atom stereocenters. The lowest BCUT2D eigenvalue weighted by atomic mass is 9.94. The maximum absolute atomic E-state index is 13.2. The highest BCUT2D eigenvalue weighted by Gasteiger charge is 2.32. The monoisotopic (exact) mass is 490 g/mol. The average molecular weight is 491 g/mol. The van der Waals surface area contributed by atoms with Crippen molar-refractivity contribution in [2.45, 2.75) is 38.6 Å². The Bertz CT molecular complexity index is 1190. The molecule has 1 aliphatic rings. The number of benzene rings is 3. The van der Waals surface area contributed by atoms with E-state index in [1.165, 1.54) is 5.56 Å². The van der Waals surface area contributed by atoms with E-state index >= 15 is 0 Å². The van der Waals surface area contributed by atoms with Gasteiger partial charge in [-0.15, -0.1) is 0 Å². The largest absolute Gasteiger partial charge is 0.345 e. The smallest absolute Gasteiger partial charge is 0.223 e. The fourth-order valence-electron chi connectivity index (χ4n) is 4.65. The van der Waals surface area contributed by atoms with Crippen LogP contribution in [0.15, 0.2) is 84.9 Å². The number of hydrogen-bond donors (Lipinski definition) is 1. The van der Waals surface area contributed by atoms with E-state index in [1.807, 2.05) is 67.6 Å². The van der Waals surface area contributed by atoms with Crippen LogP contribution >= 0.6 is 0 Å². The van der Waals surface area contributed by atoms with Crippen molar-refractivity contribution >= 4 is 15.9 Å². The zero-order valence-corrected chi connectivity index (χ0v) is 21.1. The first-order chi connectivity index (χ1) is 16.9. The molecule has 0 spiro atoms. The van der Waals surface area contributed by atoms with Gasteiger partial charge in [0.05, 0.1) is 11.8 Å². The van der Waals surface area contributed by atoms with Crippen molar-refractivity contribution in [1.29, 1.82) is 0 Å². The number of aryl methyl sites for hydroxylation is 2. The van der Waals surface area contributed by atoms with Gasteiger partial charge in [-0.05, 0) is 49.3 Å². The van der Waals surface area contributed by atoms with E-state index in [2.05, 4.69) is 29.6 Å². The molecule has 1 aliphatic heterocycles. The number of amides is 1. The van der Waals surface area contributed by atoms with E-state index in [4.69, 9.17) is 0 Å². The fourth-order valence-corrected chi connectivity index (χ4v) is 6.19. The molecule has 1 saturated heterocycles. The minimum Gasteiger partial charge on any atom is -0.345 e. The minimum absolute atomic E-state index is 0.0134. The molecule has 3 aromatic carbocycles. The Hall–Kier alpha value is -2.96. The topological polar surface area (TPSA) is 66.5 Å². The van der Waals surface area contributed by atoms with Gasteiger partial charge < -0.3 is 5.32 Å². The molecule has 4 rings (SSSR count). The van der Waals surface area contributed by atoms with Gasteiger partial charge in [-0.3, -0.25) is 4.79 Å². The second-order valence-corrected chi connectivity index (χ2v) is 11.4. The molecule has 0 aromatic heterocycles. The van der Waals surface area contributed by atoms with Crippen molar-refractivity contribution in [1.82, 2.24) is 9.62 Å². The molecule has 1 atom stereocenters. The van der Waals surface area contributed by atoms with E-state index in [0.29, 0.717) is 32.4 Å². The van der Waals surface area contributed by atoms with Gasteiger partial charge >= 0.3 is 0 Å². The van der Waals surface area contributed by atoms with Crippen LogP contribution in [0.4, 0.5) is 0 Å². The molecule has 1 amide bonds. The minimum atomic E-state index is -3.31. The van der Waals surface area contributed by atoms with Crippen LogP contribution in [-0.4, -0.2) is 37.5 Å². The fraction of sp³-hybridized carbons (Fsp3) is 0.345. The molecule has 3 aromatic rings. The first-order valence-corrected chi connectivity index (χ1v) is 14.0. The van der Waals surface area contributed by atoms with Crippen LogP contribution in [-0.2, 0) is 21.2 Å². The van der Waals surface area contributed by atoms with Gasteiger partial charge in [0.15, 0.2) is 0 Å². The van der Waals surface area contributed by atoms with Gasteiger partial charge in [-0.2, -0.15) is 0 Å². The van der Waals surface area contributed by atoms with Crippen molar-refractivity contribution in [2.75, 3.05) is 18.8 Å². The third-order valence-corrected chi connectivity index (χ3v) is 8.72. The Kier molecular flexibility index (Phi) is 8.37. The van der Waals surface area contributed by atoms with E-state index in [9.17, 15) is 13.2 Å². The van der Waals surface area contributed by atoms with E-state index < -0.39 is 10.0 Å².